The Labute approximate surface area is 123 Å². The molecule has 1 atom stereocenters. The molecule has 0 radical (unpaired) electrons. The Balaban J connectivity index is -0.000000238. The van der Waals surface area contributed by atoms with E-state index in [9.17, 15) is 4.79 Å². The zero-order valence-electron chi connectivity index (χ0n) is 12.7. The third-order valence-electron chi connectivity index (χ3n) is 1.61. The molecule has 0 heterocycles. The minimum atomic E-state index is -0.185. The van der Waals surface area contributed by atoms with Crippen molar-refractivity contribution in [3.8, 4) is 0 Å². The van der Waals surface area contributed by atoms with Gasteiger partial charge in [0.15, 0.2) is 0 Å². The first-order chi connectivity index (χ1) is 7.37. The predicted molar refractivity (Wildman–Crippen MR) is 80.5 cm³/mol. The van der Waals surface area contributed by atoms with Crippen molar-refractivity contribution < 1.29 is 18.9 Å². The molecule has 4 nitrogen and oxygen atoms in total. The molecule has 0 aliphatic rings. The Morgan fingerprint density at radius 2 is 1.50 bits per heavy atom. The monoisotopic (exact) mass is 304 g/mol. The SMILES string of the molecule is C[C@@H](O)C[N+](C)(C)C.C[N+](C)(C)CC(=O)CCl.Cl. The van der Waals surface area contributed by atoms with Crippen molar-refractivity contribution >= 4 is 29.8 Å². The predicted octanol–water partition coefficient (Wildman–Crippen LogP) is 0.996. The van der Waals surface area contributed by atoms with Gasteiger partial charge in [-0.3, -0.25) is 4.79 Å². The Morgan fingerprint density at radius 1 is 1.11 bits per heavy atom. The van der Waals surface area contributed by atoms with Crippen LogP contribution in [0.3, 0.4) is 0 Å². The molecule has 0 spiro atoms. The molecule has 0 aromatic heterocycles. The van der Waals surface area contributed by atoms with Crippen molar-refractivity contribution in [2.24, 2.45) is 0 Å². The van der Waals surface area contributed by atoms with Gasteiger partial charge < -0.3 is 14.1 Å². The highest BCUT2D eigenvalue weighted by Crippen LogP contribution is 1.92. The van der Waals surface area contributed by atoms with Crippen LogP contribution in [0, 0.1) is 0 Å². The molecular weight excluding hydrogens is 275 g/mol. The zero-order valence-corrected chi connectivity index (χ0v) is 14.3. The summed E-state index contributed by atoms with van der Waals surface area (Å²) in [6, 6.07) is 0. The maximum absolute atomic E-state index is 10.7. The lowest BCUT2D eigenvalue weighted by atomic mass is 10.3. The van der Waals surface area contributed by atoms with Gasteiger partial charge >= 0.3 is 0 Å². The van der Waals surface area contributed by atoms with Crippen molar-refractivity contribution in [2.45, 2.75) is 13.0 Å². The van der Waals surface area contributed by atoms with E-state index < -0.39 is 0 Å². The quantitative estimate of drug-likeness (QED) is 0.608. The fourth-order valence-corrected chi connectivity index (χ4v) is 1.45. The van der Waals surface area contributed by atoms with Crippen LogP contribution in [-0.2, 0) is 4.79 Å². The standard InChI is InChI=1S/C6H13ClNO.C6H16NO.ClH/c1-8(2,3)5-6(9)4-7;1-6(8)5-7(2,3)4;/h4-5H2,1-3H3;6,8H,5H2,1-4H3;1H/q2*+1;/t;6-;/m.1./s1. The second-order valence-electron chi connectivity index (χ2n) is 6.44. The number of hydrogen-bond acceptors (Lipinski definition) is 2. The molecule has 0 saturated carbocycles. The smallest absolute Gasteiger partial charge is 0.201 e. The number of hydrogen-bond donors (Lipinski definition) is 1. The van der Waals surface area contributed by atoms with Crippen LogP contribution in [0.4, 0.5) is 0 Å². The molecule has 1 N–H and O–H groups in total. The van der Waals surface area contributed by atoms with Crippen LogP contribution in [0.1, 0.15) is 6.92 Å². The van der Waals surface area contributed by atoms with Crippen molar-refractivity contribution in [1.82, 2.24) is 0 Å². The van der Waals surface area contributed by atoms with Gasteiger partial charge in [-0.1, -0.05) is 0 Å². The number of aliphatic hydroxyl groups is 1. The van der Waals surface area contributed by atoms with Gasteiger partial charge in [-0.25, -0.2) is 0 Å². The van der Waals surface area contributed by atoms with Crippen LogP contribution in [-0.4, -0.2) is 87.2 Å². The van der Waals surface area contributed by atoms with Crippen molar-refractivity contribution in [3.63, 3.8) is 0 Å². The van der Waals surface area contributed by atoms with E-state index in [1.165, 1.54) is 0 Å². The molecule has 0 rings (SSSR count). The molecule has 0 aromatic rings. The average Bonchev–Trinajstić information content (AvgIpc) is 1.96. The topological polar surface area (TPSA) is 37.3 Å². The highest BCUT2D eigenvalue weighted by molar-refractivity contribution is 6.27. The molecule has 6 heteroatoms. The van der Waals surface area contributed by atoms with Gasteiger partial charge in [0, 0.05) is 0 Å². The molecular formula is C12H30Cl2N2O2+2. The molecule has 0 aromatic carbocycles. The number of ketones is 1. The summed E-state index contributed by atoms with van der Waals surface area (Å²) in [6.07, 6.45) is -0.185. The lowest BCUT2D eigenvalue weighted by Gasteiger charge is -2.24. The van der Waals surface area contributed by atoms with Gasteiger partial charge in [-0.15, -0.1) is 24.0 Å². The number of Topliss-reactive ketones (excluding diaryl/α,β-unsaturated/α-hetero) is 1. The number of carbonyl (C=O) groups excluding carboxylic acids is 1. The van der Waals surface area contributed by atoms with Crippen LogP contribution in [0.15, 0.2) is 0 Å². The summed E-state index contributed by atoms with van der Waals surface area (Å²) in [5, 5.41) is 8.87. The van der Waals surface area contributed by atoms with Gasteiger partial charge in [0.25, 0.3) is 0 Å². The van der Waals surface area contributed by atoms with Crippen molar-refractivity contribution in [3.05, 3.63) is 0 Å². The molecule has 18 heavy (non-hydrogen) atoms. The van der Waals surface area contributed by atoms with Crippen molar-refractivity contribution in [1.29, 1.82) is 0 Å². The summed E-state index contributed by atoms with van der Waals surface area (Å²) in [4.78, 5) is 10.7. The second kappa shape index (κ2) is 9.98. The van der Waals surface area contributed by atoms with E-state index in [1.807, 2.05) is 28.1 Å². The van der Waals surface area contributed by atoms with Gasteiger partial charge in [-0.2, -0.15) is 0 Å². The van der Waals surface area contributed by atoms with Crippen LogP contribution in [0.25, 0.3) is 0 Å². The largest absolute Gasteiger partial charge is 0.388 e. The molecule has 0 bridgehead atoms. The second-order valence-corrected chi connectivity index (χ2v) is 6.71. The van der Waals surface area contributed by atoms with E-state index in [-0.39, 0.29) is 30.2 Å². The molecule has 0 aliphatic carbocycles. The Bertz CT molecular complexity index is 221. The third-order valence-corrected chi connectivity index (χ3v) is 1.91. The maximum Gasteiger partial charge on any atom is 0.201 e. The Morgan fingerprint density at radius 3 is 1.56 bits per heavy atom. The van der Waals surface area contributed by atoms with Crippen LogP contribution in [0.2, 0.25) is 0 Å². The van der Waals surface area contributed by atoms with Crippen LogP contribution < -0.4 is 0 Å². The molecule has 0 amide bonds. The number of quaternary nitrogens is 2. The summed E-state index contributed by atoms with van der Waals surface area (Å²) in [6.45, 7) is 3.15. The minimum Gasteiger partial charge on any atom is -0.388 e. The average molecular weight is 305 g/mol. The molecule has 112 valence electrons. The molecule has 0 fully saturated rings. The normalized spacial score (nSPS) is 12.9. The van der Waals surface area contributed by atoms with E-state index in [0.29, 0.717) is 11.0 Å². The summed E-state index contributed by atoms with van der Waals surface area (Å²) in [7, 11) is 12.1. The zero-order chi connectivity index (χ0) is 14.3. The van der Waals surface area contributed by atoms with E-state index in [1.54, 1.807) is 0 Å². The van der Waals surface area contributed by atoms with E-state index in [2.05, 4.69) is 21.1 Å². The van der Waals surface area contributed by atoms with E-state index >= 15 is 0 Å². The highest BCUT2D eigenvalue weighted by atomic mass is 35.5. The molecule has 0 unspecified atom stereocenters. The van der Waals surface area contributed by atoms with Crippen LogP contribution >= 0.6 is 24.0 Å². The van der Waals surface area contributed by atoms with E-state index in [0.717, 1.165) is 11.0 Å². The Hall–Kier alpha value is 0.130. The van der Waals surface area contributed by atoms with Gasteiger partial charge in [0.1, 0.15) is 19.2 Å². The first-order valence-corrected chi connectivity index (χ1v) is 6.27. The lowest BCUT2D eigenvalue weighted by Crippen LogP contribution is -2.40. The summed E-state index contributed by atoms with van der Waals surface area (Å²) in [5.41, 5.74) is 0. The fourth-order valence-electron chi connectivity index (χ4n) is 1.36. The number of likely N-dealkylation sites (N-methyl/N-ethyl adjacent to an activating group) is 2. The fraction of sp³-hybridized carbons (Fsp3) is 0.917. The Kier molecular flexibility index (Phi) is 12.9. The third kappa shape index (κ3) is 25.1. The summed E-state index contributed by atoms with van der Waals surface area (Å²) in [5.74, 6) is 0.236. The van der Waals surface area contributed by atoms with E-state index in [4.69, 9.17) is 16.7 Å². The summed E-state index contributed by atoms with van der Waals surface area (Å²) >= 11 is 5.30. The number of alkyl halides is 1. The number of nitrogens with zero attached hydrogens (tertiary/aromatic N) is 2. The van der Waals surface area contributed by atoms with Gasteiger partial charge in [0.2, 0.25) is 5.78 Å². The van der Waals surface area contributed by atoms with Crippen molar-refractivity contribution in [2.75, 3.05) is 61.3 Å². The number of carbonyl (C=O) groups is 1. The highest BCUT2D eigenvalue weighted by Gasteiger charge is 2.12. The lowest BCUT2D eigenvalue weighted by molar-refractivity contribution is -0.873. The maximum atomic E-state index is 10.7. The number of aliphatic hydroxyl groups excluding tert-OH is 1. The first-order valence-electron chi connectivity index (χ1n) is 5.74. The number of halogens is 2. The molecule has 0 saturated heterocycles. The van der Waals surface area contributed by atoms with Gasteiger partial charge in [-0.05, 0) is 6.92 Å². The van der Waals surface area contributed by atoms with Crippen LogP contribution in [0.5, 0.6) is 0 Å². The number of rotatable bonds is 5. The minimum absolute atomic E-state index is 0. The summed E-state index contributed by atoms with van der Waals surface area (Å²) < 4.78 is 1.49. The first kappa shape index (κ1) is 23.2. The molecule has 0 aliphatic heterocycles. The van der Waals surface area contributed by atoms with Gasteiger partial charge in [0.05, 0.1) is 48.2 Å².